The Morgan fingerprint density at radius 2 is 1.70 bits per heavy atom. The molecule has 7 N–H and O–H groups in total. The molecule has 108 valence electrons. The lowest BCUT2D eigenvalue weighted by atomic mass is 10.2. The number of carbonyl (C=O) groups excluding carboxylic acids is 3. The first kappa shape index (κ1) is 15.4. The minimum atomic E-state index is -0.739. The van der Waals surface area contributed by atoms with E-state index in [2.05, 4.69) is 5.32 Å². The molecule has 0 fully saturated rings. The van der Waals surface area contributed by atoms with Crippen LogP contribution in [0.3, 0.4) is 0 Å². The van der Waals surface area contributed by atoms with Crippen molar-refractivity contribution in [1.29, 1.82) is 0 Å². The predicted octanol–water partition coefficient (Wildman–Crippen LogP) is -1.05. The lowest BCUT2D eigenvalue weighted by molar-refractivity contribution is -0.120. The first-order chi connectivity index (χ1) is 9.42. The Morgan fingerprint density at radius 3 is 2.20 bits per heavy atom. The molecule has 0 aliphatic rings. The molecular weight excluding hydrogens is 262 g/mol. The number of carbonyl (C=O) groups is 3. The van der Waals surface area contributed by atoms with E-state index < -0.39 is 30.9 Å². The average molecular weight is 279 g/mol. The molecule has 1 aromatic carbocycles. The molecule has 0 bridgehead atoms. The molecule has 0 heterocycles. The SMILES string of the molecule is NCc1cccc(NC(=O)N(CC(N)=O)CC(N)=O)c1. The Morgan fingerprint density at radius 1 is 1.10 bits per heavy atom. The summed E-state index contributed by atoms with van der Waals surface area (Å²) in [5.74, 6) is -1.48. The highest BCUT2D eigenvalue weighted by molar-refractivity contribution is 5.94. The molecule has 1 aromatic rings. The number of hydrogen-bond donors (Lipinski definition) is 4. The van der Waals surface area contributed by atoms with Crippen molar-refractivity contribution in [1.82, 2.24) is 4.90 Å². The molecule has 1 rings (SSSR count). The third kappa shape index (κ3) is 4.94. The van der Waals surface area contributed by atoms with E-state index in [9.17, 15) is 14.4 Å². The molecule has 4 amide bonds. The highest BCUT2D eigenvalue weighted by Crippen LogP contribution is 2.10. The van der Waals surface area contributed by atoms with E-state index in [1.165, 1.54) is 0 Å². The third-order valence-corrected chi connectivity index (χ3v) is 2.39. The molecule has 0 unspecified atom stereocenters. The fourth-order valence-electron chi connectivity index (χ4n) is 1.55. The molecule has 20 heavy (non-hydrogen) atoms. The summed E-state index contributed by atoms with van der Waals surface area (Å²) in [7, 11) is 0. The van der Waals surface area contributed by atoms with Crippen LogP contribution >= 0.6 is 0 Å². The number of anilines is 1. The first-order valence-electron chi connectivity index (χ1n) is 5.84. The number of nitrogens with one attached hydrogen (secondary N) is 1. The Bertz CT molecular complexity index is 502. The van der Waals surface area contributed by atoms with Gasteiger partial charge in [-0.2, -0.15) is 0 Å². The van der Waals surface area contributed by atoms with Crippen molar-refractivity contribution in [3.8, 4) is 0 Å². The van der Waals surface area contributed by atoms with Crippen LogP contribution in [0.15, 0.2) is 24.3 Å². The predicted molar refractivity (Wildman–Crippen MR) is 73.3 cm³/mol. The Kier molecular flexibility index (Phi) is 5.48. The van der Waals surface area contributed by atoms with Gasteiger partial charge < -0.3 is 27.4 Å². The Labute approximate surface area is 115 Å². The van der Waals surface area contributed by atoms with Crippen LogP contribution in [-0.4, -0.2) is 35.8 Å². The molecule has 0 saturated heterocycles. The van der Waals surface area contributed by atoms with E-state index >= 15 is 0 Å². The van der Waals surface area contributed by atoms with Crippen molar-refractivity contribution >= 4 is 23.5 Å². The van der Waals surface area contributed by atoms with E-state index in [4.69, 9.17) is 17.2 Å². The van der Waals surface area contributed by atoms with Gasteiger partial charge in [0.25, 0.3) is 0 Å². The molecule has 0 aliphatic heterocycles. The molecule has 0 radical (unpaired) electrons. The average Bonchev–Trinajstić information content (AvgIpc) is 2.37. The molecule has 0 aromatic heterocycles. The molecule has 0 aliphatic carbocycles. The Hall–Kier alpha value is -2.61. The highest BCUT2D eigenvalue weighted by Gasteiger charge is 2.18. The van der Waals surface area contributed by atoms with Crippen LogP contribution in [0.4, 0.5) is 10.5 Å². The van der Waals surface area contributed by atoms with Crippen molar-refractivity contribution in [2.75, 3.05) is 18.4 Å². The van der Waals surface area contributed by atoms with Gasteiger partial charge in [0, 0.05) is 12.2 Å². The van der Waals surface area contributed by atoms with Gasteiger partial charge in [-0.3, -0.25) is 9.59 Å². The number of rotatable bonds is 6. The van der Waals surface area contributed by atoms with Crippen LogP contribution in [0.1, 0.15) is 5.56 Å². The van der Waals surface area contributed by atoms with Crippen LogP contribution in [0.25, 0.3) is 0 Å². The molecule has 0 saturated carbocycles. The number of nitrogens with zero attached hydrogens (tertiary/aromatic N) is 1. The standard InChI is InChI=1S/C12H17N5O3/c13-5-8-2-1-3-9(4-8)16-12(20)17(6-10(14)18)7-11(15)19/h1-4H,5-7,13H2,(H2,14,18)(H2,15,19)(H,16,20). The number of amides is 4. The van der Waals surface area contributed by atoms with Crippen molar-refractivity contribution in [3.05, 3.63) is 29.8 Å². The van der Waals surface area contributed by atoms with Gasteiger partial charge in [-0.1, -0.05) is 12.1 Å². The van der Waals surface area contributed by atoms with Gasteiger partial charge in [0.15, 0.2) is 0 Å². The summed E-state index contributed by atoms with van der Waals surface area (Å²) < 4.78 is 0. The summed E-state index contributed by atoms with van der Waals surface area (Å²) in [6, 6.07) is 6.23. The van der Waals surface area contributed by atoms with Crippen molar-refractivity contribution < 1.29 is 14.4 Å². The van der Waals surface area contributed by atoms with Crippen LogP contribution in [-0.2, 0) is 16.1 Å². The summed E-state index contributed by atoms with van der Waals surface area (Å²) >= 11 is 0. The molecule has 8 heteroatoms. The van der Waals surface area contributed by atoms with E-state index in [-0.39, 0.29) is 0 Å². The zero-order valence-electron chi connectivity index (χ0n) is 10.8. The number of hydrogen-bond acceptors (Lipinski definition) is 4. The maximum Gasteiger partial charge on any atom is 0.322 e. The van der Waals surface area contributed by atoms with Gasteiger partial charge >= 0.3 is 6.03 Å². The number of benzene rings is 1. The second-order valence-electron chi connectivity index (χ2n) is 4.12. The van der Waals surface area contributed by atoms with Crippen LogP contribution in [0, 0.1) is 0 Å². The van der Waals surface area contributed by atoms with Crippen LogP contribution in [0.2, 0.25) is 0 Å². The summed E-state index contributed by atoms with van der Waals surface area (Å²) in [6.45, 7) is -0.466. The van der Waals surface area contributed by atoms with Crippen molar-refractivity contribution in [2.24, 2.45) is 17.2 Å². The topological polar surface area (TPSA) is 145 Å². The van der Waals surface area contributed by atoms with Crippen molar-refractivity contribution in [2.45, 2.75) is 6.54 Å². The first-order valence-corrected chi connectivity index (χ1v) is 5.84. The van der Waals surface area contributed by atoms with Gasteiger partial charge in [0.1, 0.15) is 13.1 Å². The second kappa shape index (κ2) is 7.10. The lowest BCUT2D eigenvalue weighted by Crippen LogP contribution is -2.45. The molecule has 0 atom stereocenters. The van der Waals surface area contributed by atoms with Gasteiger partial charge in [-0.25, -0.2) is 4.79 Å². The van der Waals surface area contributed by atoms with E-state index in [1.54, 1.807) is 24.3 Å². The highest BCUT2D eigenvalue weighted by atomic mass is 16.2. The van der Waals surface area contributed by atoms with Gasteiger partial charge in [0.2, 0.25) is 11.8 Å². The minimum absolute atomic E-state index is 0.329. The van der Waals surface area contributed by atoms with Crippen LogP contribution in [0.5, 0.6) is 0 Å². The lowest BCUT2D eigenvalue weighted by Gasteiger charge is -2.20. The molecule has 0 spiro atoms. The summed E-state index contributed by atoms with van der Waals surface area (Å²) in [4.78, 5) is 34.6. The van der Waals surface area contributed by atoms with Gasteiger partial charge in [-0.05, 0) is 17.7 Å². The van der Waals surface area contributed by atoms with Crippen molar-refractivity contribution in [3.63, 3.8) is 0 Å². The summed E-state index contributed by atoms with van der Waals surface area (Å²) in [5, 5.41) is 2.54. The normalized spacial score (nSPS) is 9.85. The summed E-state index contributed by atoms with van der Waals surface area (Å²) in [6.07, 6.45) is 0. The third-order valence-electron chi connectivity index (χ3n) is 2.39. The fourth-order valence-corrected chi connectivity index (χ4v) is 1.55. The minimum Gasteiger partial charge on any atom is -0.368 e. The zero-order valence-corrected chi connectivity index (χ0v) is 10.8. The van der Waals surface area contributed by atoms with Gasteiger partial charge in [-0.15, -0.1) is 0 Å². The summed E-state index contributed by atoms with van der Waals surface area (Å²) in [5.41, 5.74) is 16.9. The van der Waals surface area contributed by atoms with Crippen LogP contribution < -0.4 is 22.5 Å². The number of urea groups is 1. The monoisotopic (exact) mass is 279 g/mol. The van der Waals surface area contributed by atoms with E-state index in [1.807, 2.05) is 0 Å². The van der Waals surface area contributed by atoms with E-state index in [0.29, 0.717) is 12.2 Å². The number of nitrogens with two attached hydrogens (primary N) is 3. The van der Waals surface area contributed by atoms with Gasteiger partial charge in [0.05, 0.1) is 0 Å². The molecule has 8 nitrogen and oxygen atoms in total. The maximum absolute atomic E-state index is 12.0. The fraction of sp³-hybridized carbons (Fsp3) is 0.250. The molecular formula is C12H17N5O3. The number of primary amides is 2. The Balaban J connectivity index is 2.78. The maximum atomic E-state index is 12.0. The quantitative estimate of drug-likeness (QED) is 0.526. The van der Waals surface area contributed by atoms with E-state index in [0.717, 1.165) is 10.5 Å². The smallest absolute Gasteiger partial charge is 0.322 e. The largest absolute Gasteiger partial charge is 0.368 e. The zero-order chi connectivity index (χ0) is 15.1. The second-order valence-corrected chi connectivity index (χ2v) is 4.12.